The Morgan fingerprint density at radius 3 is 2.79 bits per heavy atom. The highest BCUT2D eigenvalue weighted by molar-refractivity contribution is 5.52. The average Bonchev–Trinajstić information content (AvgIpc) is 2.18. The van der Waals surface area contributed by atoms with Crippen LogP contribution in [-0.2, 0) is 16.8 Å². The van der Waals surface area contributed by atoms with E-state index >= 15 is 0 Å². The van der Waals surface area contributed by atoms with E-state index in [9.17, 15) is 4.79 Å². The van der Waals surface area contributed by atoms with Gasteiger partial charge < -0.3 is 4.90 Å². The van der Waals surface area contributed by atoms with Crippen LogP contribution in [-0.4, -0.2) is 17.9 Å². The molecule has 0 aromatic heterocycles. The van der Waals surface area contributed by atoms with Crippen molar-refractivity contribution in [1.82, 2.24) is 4.90 Å². The molecule has 0 spiro atoms. The van der Waals surface area contributed by atoms with E-state index in [1.54, 1.807) is 0 Å². The van der Waals surface area contributed by atoms with Crippen molar-refractivity contribution >= 4 is 6.41 Å². The van der Waals surface area contributed by atoms with Crippen molar-refractivity contribution in [2.45, 2.75) is 25.8 Å². The van der Waals surface area contributed by atoms with Gasteiger partial charge in [0, 0.05) is 6.54 Å². The first kappa shape index (κ1) is 9.25. The Kier molecular flexibility index (Phi) is 2.06. The Bertz CT molecular complexity index is 357. The van der Waals surface area contributed by atoms with Crippen molar-refractivity contribution in [2.24, 2.45) is 0 Å². The lowest BCUT2D eigenvalue weighted by Crippen LogP contribution is -2.45. The molecule has 14 heavy (non-hydrogen) atoms. The number of carbonyl (C=O) groups excluding carboxylic acids is 1. The standard InChI is InChI=1S/C12H15NO/c1-12(2)11-6-4-3-5-10(11)7-8-13(12)9-14/h3-6,9H,7-8H2,1-2H3. The van der Waals surface area contributed by atoms with E-state index < -0.39 is 0 Å². The van der Waals surface area contributed by atoms with Gasteiger partial charge in [0.1, 0.15) is 0 Å². The van der Waals surface area contributed by atoms with E-state index in [0.717, 1.165) is 19.4 Å². The quantitative estimate of drug-likeness (QED) is 0.618. The molecule has 0 atom stereocenters. The third-order valence-corrected chi connectivity index (χ3v) is 3.14. The van der Waals surface area contributed by atoms with Crippen LogP contribution < -0.4 is 0 Å². The molecule has 0 aliphatic carbocycles. The second-order valence-corrected chi connectivity index (χ2v) is 4.26. The molecule has 1 heterocycles. The number of amides is 1. The van der Waals surface area contributed by atoms with Gasteiger partial charge in [0.05, 0.1) is 5.54 Å². The molecule has 2 rings (SSSR count). The summed E-state index contributed by atoms with van der Waals surface area (Å²) in [6.45, 7) is 5.02. The summed E-state index contributed by atoms with van der Waals surface area (Å²) in [5, 5.41) is 0. The number of carbonyl (C=O) groups is 1. The van der Waals surface area contributed by atoms with Crippen LogP contribution in [0.15, 0.2) is 24.3 Å². The van der Waals surface area contributed by atoms with Gasteiger partial charge in [0.15, 0.2) is 0 Å². The third-order valence-electron chi connectivity index (χ3n) is 3.14. The lowest BCUT2D eigenvalue weighted by atomic mass is 9.84. The molecule has 0 fully saturated rings. The lowest BCUT2D eigenvalue weighted by Gasteiger charge is -2.41. The maximum atomic E-state index is 10.9. The second kappa shape index (κ2) is 3.12. The predicted octanol–water partition coefficient (Wildman–Crippen LogP) is 1.94. The van der Waals surface area contributed by atoms with Gasteiger partial charge in [-0.15, -0.1) is 0 Å². The molecule has 1 aliphatic rings. The summed E-state index contributed by atoms with van der Waals surface area (Å²) in [4.78, 5) is 12.8. The number of hydrogen-bond acceptors (Lipinski definition) is 1. The van der Waals surface area contributed by atoms with Gasteiger partial charge in [-0.1, -0.05) is 24.3 Å². The predicted molar refractivity (Wildman–Crippen MR) is 55.9 cm³/mol. The van der Waals surface area contributed by atoms with Gasteiger partial charge in [-0.2, -0.15) is 0 Å². The Morgan fingerprint density at radius 2 is 2.07 bits per heavy atom. The maximum Gasteiger partial charge on any atom is 0.210 e. The molecule has 74 valence electrons. The monoisotopic (exact) mass is 189 g/mol. The molecule has 0 unspecified atom stereocenters. The molecule has 0 bridgehead atoms. The Balaban J connectivity index is 2.51. The summed E-state index contributed by atoms with van der Waals surface area (Å²) in [6.07, 6.45) is 1.92. The van der Waals surface area contributed by atoms with E-state index in [0.29, 0.717) is 0 Å². The molecule has 2 nitrogen and oxygen atoms in total. The van der Waals surface area contributed by atoms with Crippen molar-refractivity contribution in [2.75, 3.05) is 6.54 Å². The molecule has 0 radical (unpaired) electrons. The smallest absolute Gasteiger partial charge is 0.210 e. The minimum atomic E-state index is -0.156. The van der Waals surface area contributed by atoms with Gasteiger partial charge in [-0.05, 0) is 31.4 Å². The van der Waals surface area contributed by atoms with Gasteiger partial charge in [0.2, 0.25) is 6.41 Å². The first-order valence-electron chi connectivity index (χ1n) is 4.96. The fourth-order valence-corrected chi connectivity index (χ4v) is 2.19. The molecular formula is C12H15NO. The molecule has 2 heteroatoms. The first-order valence-corrected chi connectivity index (χ1v) is 4.96. The number of benzene rings is 1. The zero-order chi connectivity index (χ0) is 10.2. The Morgan fingerprint density at radius 1 is 1.36 bits per heavy atom. The normalized spacial score (nSPS) is 18.9. The van der Waals surface area contributed by atoms with Crippen molar-refractivity contribution < 1.29 is 4.79 Å². The van der Waals surface area contributed by atoms with Gasteiger partial charge in [-0.3, -0.25) is 4.79 Å². The van der Waals surface area contributed by atoms with Gasteiger partial charge in [-0.25, -0.2) is 0 Å². The van der Waals surface area contributed by atoms with Crippen LogP contribution in [0.25, 0.3) is 0 Å². The third kappa shape index (κ3) is 1.22. The zero-order valence-electron chi connectivity index (χ0n) is 8.66. The molecule has 0 N–H and O–H groups in total. The Hall–Kier alpha value is -1.31. The highest BCUT2D eigenvalue weighted by Crippen LogP contribution is 2.33. The van der Waals surface area contributed by atoms with E-state index in [1.807, 2.05) is 11.0 Å². The second-order valence-electron chi connectivity index (χ2n) is 4.26. The summed E-state index contributed by atoms with van der Waals surface area (Å²) in [5.74, 6) is 0. The van der Waals surface area contributed by atoms with E-state index in [4.69, 9.17) is 0 Å². The van der Waals surface area contributed by atoms with Crippen LogP contribution in [0.5, 0.6) is 0 Å². The van der Waals surface area contributed by atoms with Crippen molar-refractivity contribution in [1.29, 1.82) is 0 Å². The number of fused-ring (bicyclic) bond motifs is 1. The van der Waals surface area contributed by atoms with E-state index in [2.05, 4.69) is 32.0 Å². The topological polar surface area (TPSA) is 20.3 Å². The fraction of sp³-hybridized carbons (Fsp3) is 0.417. The number of hydrogen-bond donors (Lipinski definition) is 0. The van der Waals surface area contributed by atoms with Crippen LogP contribution in [0.3, 0.4) is 0 Å². The van der Waals surface area contributed by atoms with Gasteiger partial charge >= 0.3 is 0 Å². The maximum absolute atomic E-state index is 10.9. The van der Waals surface area contributed by atoms with E-state index in [-0.39, 0.29) is 5.54 Å². The summed E-state index contributed by atoms with van der Waals surface area (Å²) in [5.41, 5.74) is 2.49. The van der Waals surface area contributed by atoms with Crippen LogP contribution in [0.1, 0.15) is 25.0 Å². The molecule has 0 saturated carbocycles. The largest absolute Gasteiger partial charge is 0.336 e. The van der Waals surface area contributed by atoms with Crippen molar-refractivity contribution in [3.8, 4) is 0 Å². The summed E-state index contributed by atoms with van der Waals surface area (Å²) < 4.78 is 0. The number of rotatable bonds is 1. The van der Waals surface area contributed by atoms with Crippen LogP contribution in [0.4, 0.5) is 0 Å². The molecule has 0 saturated heterocycles. The zero-order valence-corrected chi connectivity index (χ0v) is 8.66. The highest BCUT2D eigenvalue weighted by Gasteiger charge is 2.32. The molecule has 1 amide bonds. The Labute approximate surface area is 84.5 Å². The first-order chi connectivity index (χ1) is 6.66. The minimum absolute atomic E-state index is 0.156. The molecular weight excluding hydrogens is 174 g/mol. The summed E-state index contributed by atoms with van der Waals surface area (Å²) in [7, 11) is 0. The average molecular weight is 189 g/mol. The molecule has 1 aromatic carbocycles. The lowest BCUT2D eigenvalue weighted by molar-refractivity contribution is -0.123. The van der Waals surface area contributed by atoms with Gasteiger partial charge in [0.25, 0.3) is 0 Å². The SMILES string of the molecule is CC1(C)c2ccccc2CCN1C=O. The van der Waals surface area contributed by atoms with Crippen molar-refractivity contribution in [3.63, 3.8) is 0 Å². The van der Waals surface area contributed by atoms with E-state index in [1.165, 1.54) is 11.1 Å². The highest BCUT2D eigenvalue weighted by atomic mass is 16.1. The van der Waals surface area contributed by atoms with Crippen LogP contribution in [0, 0.1) is 0 Å². The van der Waals surface area contributed by atoms with Crippen LogP contribution >= 0.6 is 0 Å². The minimum Gasteiger partial charge on any atom is -0.336 e. The molecule has 1 aromatic rings. The van der Waals surface area contributed by atoms with Crippen LogP contribution in [0.2, 0.25) is 0 Å². The number of nitrogens with zero attached hydrogens (tertiary/aromatic N) is 1. The fourth-order valence-electron chi connectivity index (χ4n) is 2.19. The summed E-state index contributed by atoms with van der Waals surface area (Å²) in [6, 6.07) is 8.37. The summed E-state index contributed by atoms with van der Waals surface area (Å²) >= 11 is 0. The molecule has 1 aliphatic heterocycles. The van der Waals surface area contributed by atoms with Crippen molar-refractivity contribution in [3.05, 3.63) is 35.4 Å².